The molecule has 0 aliphatic carbocycles. The van der Waals surface area contributed by atoms with Crippen molar-refractivity contribution in [2.24, 2.45) is 0 Å². The van der Waals surface area contributed by atoms with Crippen molar-refractivity contribution < 1.29 is 13.6 Å². The quantitative estimate of drug-likeness (QED) is 0.622. The molecule has 1 aromatic heterocycles. The van der Waals surface area contributed by atoms with Gasteiger partial charge in [0.2, 0.25) is 0 Å². The summed E-state index contributed by atoms with van der Waals surface area (Å²) in [5.74, 6) is 0. The van der Waals surface area contributed by atoms with Gasteiger partial charge in [-0.1, -0.05) is 11.3 Å². The summed E-state index contributed by atoms with van der Waals surface area (Å²) in [6.07, 6.45) is -2.97. The van der Waals surface area contributed by atoms with E-state index in [2.05, 4.69) is 22.4 Å². The van der Waals surface area contributed by atoms with Crippen LogP contribution in [-0.2, 0) is 4.79 Å². The van der Waals surface area contributed by atoms with Crippen molar-refractivity contribution in [1.29, 1.82) is 0 Å². The fourth-order valence-electron chi connectivity index (χ4n) is 0.390. The van der Waals surface area contributed by atoms with E-state index in [-0.39, 0.29) is 4.34 Å². The van der Waals surface area contributed by atoms with Crippen LogP contribution in [0.2, 0.25) is 0 Å². The van der Waals surface area contributed by atoms with E-state index < -0.39 is 11.5 Å². The maximum absolute atomic E-state index is 11.7. The molecule has 1 aromatic rings. The zero-order chi connectivity index (χ0) is 9.14. The largest absolute Gasteiger partial charge is 0.306 e. The highest BCUT2D eigenvalue weighted by atomic mass is 32.2. The molecule has 0 atom stereocenters. The minimum Gasteiger partial charge on any atom is -0.280 e. The monoisotopic (exact) mass is 228 g/mol. The average Bonchev–Trinajstić information content (AvgIpc) is 2.35. The van der Waals surface area contributed by atoms with E-state index in [1.165, 1.54) is 0 Å². The number of alkyl halides is 2. The normalized spacial score (nSPS) is 10.6. The summed E-state index contributed by atoms with van der Waals surface area (Å²) in [6.45, 7) is 0. The number of thioether (sulfide) groups is 1. The van der Waals surface area contributed by atoms with Crippen LogP contribution in [0.25, 0.3) is 0 Å². The van der Waals surface area contributed by atoms with Gasteiger partial charge in [-0.25, -0.2) is 8.78 Å². The van der Waals surface area contributed by atoms with Gasteiger partial charge in [0.05, 0.1) is 0 Å². The van der Waals surface area contributed by atoms with Gasteiger partial charge >= 0.3 is 6.43 Å². The van der Waals surface area contributed by atoms with E-state index in [0.29, 0.717) is 15.7 Å². The molecule has 0 bridgehead atoms. The molecule has 0 spiro atoms. The first-order chi connectivity index (χ1) is 5.59. The number of hydrogen-bond acceptors (Lipinski definition) is 5. The van der Waals surface area contributed by atoms with E-state index >= 15 is 0 Å². The van der Waals surface area contributed by atoms with Crippen LogP contribution in [-0.4, -0.2) is 21.7 Å². The van der Waals surface area contributed by atoms with Crippen molar-refractivity contribution in [3.8, 4) is 0 Å². The highest BCUT2D eigenvalue weighted by Gasteiger charge is 2.18. The Labute approximate surface area is 79.2 Å². The summed E-state index contributed by atoms with van der Waals surface area (Å²) in [5, 5.41) is 4.70. The number of nitrogens with zero attached hydrogens (tertiary/aromatic N) is 1. The van der Waals surface area contributed by atoms with Crippen LogP contribution in [0.3, 0.4) is 0 Å². The summed E-state index contributed by atoms with van der Waals surface area (Å²) >= 11 is 6.02. The lowest BCUT2D eigenvalue weighted by Crippen LogP contribution is -2.03. The van der Waals surface area contributed by atoms with Crippen LogP contribution in [0.15, 0.2) is 4.34 Å². The molecule has 3 nitrogen and oxygen atoms in total. The molecular weight excluding hydrogens is 226 g/mol. The molecule has 0 unspecified atom stereocenters. The van der Waals surface area contributed by atoms with Gasteiger partial charge in [0.15, 0.2) is 8.29 Å². The molecule has 0 aliphatic rings. The fraction of sp³-hybridized carbons (Fsp3) is 0.250. The van der Waals surface area contributed by atoms with Gasteiger partial charge in [-0.2, -0.15) is 5.10 Å². The van der Waals surface area contributed by atoms with Crippen LogP contribution in [0.4, 0.5) is 8.78 Å². The minimum atomic E-state index is -2.97. The molecule has 0 saturated heterocycles. The third-order valence-electron chi connectivity index (χ3n) is 0.785. The van der Waals surface area contributed by atoms with Gasteiger partial charge in [-0.05, 0) is 24.0 Å². The molecule has 66 valence electrons. The van der Waals surface area contributed by atoms with Gasteiger partial charge in [-0.3, -0.25) is 9.89 Å². The number of halogens is 2. The Kier molecular flexibility index (Phi) is 3.29. The van der Waals surface area contributed by atoms with E-state index in [0.717, 1.165) is 11.3 Å². The summed E-state index contributed by atoms with van der Waals surface area (Å²) in [6, 6.07) is 0. The standard InChI is InChI=1S/C4H2F2N2OS3/c5-1(6)2(9)11-4-8-7-3(10)12-4/h1H,(H,7,10). The summed E-state index contributed by atoms with van der Waals surface area (Å²) in [5.41, 5.74) is 0. The highest BCUT2D eigenvalue weighted by molar-refractivity contribution is 8.15. The zero-order valence-corrected chi connectivity index (χ0v) is 7.86. The van der Waals surface area contributed by atoms with Crippen molar-refractivity contribution >= 4 is 40.4 Å². The molecule has 0 aliphatic heterocycles. The van der Waals surface area contributed by atoms with Crippen molar-refractivity contribution in [3.05, 3.63) is 3.95 Å². The zero-order valence-electron chi connectivity index (χ0n) is 5.41. The van der Waals surface area contributed by atoms with Gasteiger partial charge < -0.3 is 0 Å². The summed E-state index contributed by atoms with van der Waals surface area (Å²) in [7, 11) is 0. The Hall–Kier alpha value is -0.340. The molecule has 0 radical (unpaired) electrons. The van der Waals surface area contributed by atoms with Gasteiger partial charge in [-0.15, -0.1) is 0 Å². The average molecular weight is 228 g/mol. The Morgan fingerprint density at radius 3 is 2.83 bits per heavy atom. The second-order valence-electron chi connectivity index (χ2n) is 1.60. The number of carbonyl (C=O) groups excluding carboxylic acids is 1. The number of nitrogens with one attached hydrogen (secondary N) is 1. The second-order valence-corrected chi connectivity index (χ2v) is 4.52. The lowest BCUT2D eigenvalue weighted by atomic mass is 10.8. The first-order valence-electron chi connectivity index (χ1n) is 2.65. The lowest BCUT2D eigenvalue weighted by Gasteiger charge is -1.91. The second kappa shape index (κ2) is 4.06. The Morgan fingerprint density at radius 1 is 1.75 bits per heavy atom. The molecule has 0 fully saturated rings. The van der Waals surface area contributed by atoms with Crippen LogP contribution >= 0.6 is 35.3 Å². The predicted molar refractivity (Wildman–Crippen MR) is 44.2 cm³/mol. The topological polar surface area (TPSA) is 45.8 Å². The third-order valence-corrected chi connectivity index (χ3v) is 2.81. The van der Waals surface area contributed by atoms with Gasteiger partial charge in [0.25, 0.3) is 5.12 Å². The van der Waals surface area contributed by atoms with E-state index in [9.17, 15) is 13.6 Å². The number of H-pyrrole nitrogens is 1. The molecule has 0 aromatic carbocycles. The molecule has 12 heavy (non-hydrogen) atoms. The number of aromatic amines is 1. The first kappa shape index (κ1) is 9.75. The molecule has 1 N–H and O–H groups in total. The fourth-order valence-corrected chi connectivity index (χ4v) is 2.19. The molecule has 0 saturated carbocycles. The first-order valence-corrected chi connectivity index (χ1v) is 4.69. The molecule has 1 rings (SSSR count). The van der Waals surface area contributed by atoms with Gasteiger partial charge in [0.1, 0.15) is 0 Å². The summed E-state index contributed by atoms with van der Waals surface area (Å²) in [4.78, 5) is 10.5. The lowest BCUT2D eigenvalue weighted by molar-refractivity contribution is -0.120. The summed E-state index contributed by atoms with van der Waals surface area (Å²) < 4.78 is 24.0. The third kappa shape index (κ3) is 2.61. The van der Waals surface area contributed by atoms with Gasteiger partial charge in [0, 0.05) is 0 Å². The van der Waals surface area contributed by atoms with Crippen molar-refractivity contribution in [2.75, 3.05) is 0 Å². The van der Waals surface area contributed by atoms with Crippen molar-refractivity contribution in [3.63, 3.8) is 0 Å². The van der Waals surface area contributed by atoms with Crippen molar-refractivity contribution in [2.45, 2.75) is 10.8 Å². The molecule has 0 amide bonds. The van der Waals surface area contributed by atoms with Crippen LogP contribution < -0.4 is 0 Å². The van der Waals surface area contributed by atoms with Crippen LogP contribution in [0, 0.1) is 3.95 Å². The predicted octanol–water partition coefficient (Wildman–Crippen LogP) is 2.08. The number of rotatable bonds is 2. The van der Waals surface area contributed by atoms with Crippen LogP contribution in [0.5, 0.6) is 0 Å². The highest BCUT2D eigenvalue weighted by Crippen LogP contribution is 2.23. The number of carbonyl (C=O) groups is 1. The van der Waals surface area contributed by atoms with E-state index in [4.69, 9.17) is 0 Å². The van der Waals surface area contributed by atoms with E-state index in [1.54, 1.807) is 0 Å². The number of hydrogen-bond donors (Lipinski definition) is 1. The SMILES string of the molecule is O=C(Sc1n[nH]c(=S)s1)C(F)F. The maximum atomic E-state index is 11.7. The molecule has 1 heterocycles. The Bertz CT molecular complexity index is 333. The smallest absolute Gasteiger partial charge is 0.280 e. The minimum absolute atomic E-state index is 0.213. The van der Waals surface area contributed by atoms with E-state index in [1.807, 2.05) is 0 Å². The Morgan fingerprint density at radius 2 is 2.42 bits per heavy atom. The van der Waals surface area contributed by atoms with Crippen LogP contribution in [0.1, 0.15) is 0 Å². The molecular formula is C4H2F2N2OS3. The molecule has 8 heteroatoms. The number of aromatic nitrogens is 2. The Balaban J connectivity index is 2.64. The maximum Gasteiger partial charge on any atom is 0.306 e. The van der Waals surface area contributed by atoms with Crippen molar-refractivity contribution in [1.82, 2.24) is 10.2 Å².